The molecule has 0 saturated carbocycles. The molecule has 4 nitrogen and oxygen atoms in total. The van der Waals surface area contributed by atoms with E-state index in [-0.39, 0.29) is 17.1 Å². The molecule has 0 rings (SSSR count). The minimum absolute atomic E-state index is 0.0579. The van der Waals surface area contributed by atoms with Crippen molar-refractivity contribution < 1.29 is 9.59 Å². The summed E-state index contributed by atoms with van der Waals surface area (Å²) in [5.74, 6) is -0.836. The summed E-state index contributed by atoms with van der Waals surface area (Å²) >= 11 is 0. The van der Waals surface area contributed by atoms with E-state index in [0.717, 1.165) is 5.57 Å². The Hall–Kier alpha value is -1.71. The van der Waals surface area contributed by atoms with Gasteiger partial charge in [0.15, 0.2) is 5.78 Å². The summed E-state index contributed by atoms with van der Waals surface area (Å²) in [5, 5.41) is 7.35. The van der Waals surface area contributed by atoms with E-state index in [2.05, 4.69) is 0 Å². The quantitative estimate of drug-likeness (QED) is 0.415. The lowest BCUT2D eigenvalue weighted by Crippen LogP contribution is -2.19. The Morgan fingerprint density at radius 2 is 1.60 bits per heavy atom. The molecule has 0 bridgehead atoms. The van der Waals surface area contributed by atoms with E-state index < -0.39 is 5.91 Å². The number of hydrogen-bond acceptors (Lipinski definition) is 3. The molecule has 82 valence electrons. The Morgan fingerprint density at radius 3 is 1.80 bits per heavy atom. The van der Waals surface area contributed by atoms with Gasteiger partial charge < -0.3 is 11.1 Å². The van der Waals surface area contributed by atoms with Gasteiger partial charge in [-0.15, -0.1) is 0 Å². The fourth-order valence-electron chi connectivity index (χ4n) is 1.11. The highest BCUT2D eigenvalue weighted by Gasteiger charge is 2.11. The average molecular weight is 208 g/mol. The maximum atomic E-state index is 11.2. The van der Waals surface area contributed by atoms with E-state index in [9.17, 15) is 9.59 Å². The maximum Gasteiger partial charge on any atom is 0.250 e. The molecule has 0 aliphatic heterocycles. The molecule has 0 radical (unpaired) electrons. The number of amides is 1. The van der Waals surface area contributed by atoms with Crippen molar-refractivity contribution in [2.75, 3.05) is 0 Å². The normalized spacial score (nSPS) is 10.8. The Bertz CT molecular complexity index is 356. The van der Waals surface area contributed by atoms with Gasteiger partial charge in [0.05, 0.1) is 5.57 Å². The molecule has 0 atom stereocenters. The van der Waals surface area contributed by atoms with Crippen LogP contribution in [0.1, 0.15) is 27.7 Å². The lowest BCUT2D eigenvalue weighted by atomic mass is 10.0. The van der Waals surface area contributed by atoms with E-state index in [0.29, 0.717) is 5.57 Å². The zero-order chi connectivity index (χ0) is 12.2. The molecule has 0 spiro atoms. The molecule has 0 fully saturated rings. The number of hydrogen-bond donors (Lipinski definition) is 2. The third-order valence-corrected chi connectivity index (χ3v) is 1.88. The standard InChI is InChI=1S/C11H16N2O2/c1-6(2)9(8(4)14)5-10(7(3)12)11(13)15/h5,12H,1-4H3,(H2,13,15)/b10-5+,12-7?. The Labute approximate surface area is 89.4 Å². The van der Waals surface area contributed by atoms with Crippen LogP contribution >= 0.6 is 0 Å². The smallest absolute Gasteiger partial charge is 0.250 e. The second-order valence-corrected chi connectivity index (χ2v) is 3.52. The summed E-state index contributed by atoms with van der Waals surface area (Å²) in [7, 11) is 0. The highest BCUT2D eigenvalue weighted by Crippen LogP contribution is 2.10. The van der Waals surface area contributed by atoms with Gasteiger partial charge in [-0.3, -0.25) is 9.59 Å². The predicted molar refractivity (Wildman–Crippen MR) is 59.7 cm³/mol. The topological polar surface area (TPSA) is 84.0 Å². The molecule has 0 unspecified atom stereocenters. The molecule has 15 heavy (non-hydrogen) atoms. The summed E-state index contributed by atoms with van der Waals surface area (Å²) in [5.41, 5.74) is 6.45. The summed E-state index contributed by atoms with van der Waals surface area (Å²) in [6.45, 7) is 6.41. The Kier molecular flexibility index (Phi) is 4.64. The summed E-state index contributed by atoms with van der Waals surface area (Å²) < 4.78 is 0. The van der Waals surface area contributed by atoms with Crippen molar-refractivity contribution in [1.29, 1.82) is 5.41 Å². The third-order valence-electron chi connectivity index (χ3n) is 1.88. The van der Waals surface area contributed by atoms with Gasteiger partial charge >= 0.3 is 0 Å². The van der Waals surface area contributed by atoms with Crippen LogP contribution in [0.2, 0.25) is 0 Å². The van der Waals surface area contributed by atoms with Gasteiger partial charge in [-0.1, -0.05) is 5.57 Å². The van der Waals surface area contributed by atoms with E-state index in [1.54, 1.807) is 13.8 Å². The molecule has 0 aromatic heterocycles. The second-order valence-electron chi connectivity index (χ2n) is 3.52. The maximum absolute atomic E-state index is 11.2. The molecule has 4 heteroatoms. The molecular weight excluding hydrogens is 192 g/mol. The minimum Gasteiger partial charge on any atom is -0.366 e. The fraction of sp³-hybridized carbons (Fsp3) is 0.364. The number of primary amides is 1. The lowest BCUT2D eigenvalue weighted by molar-refractivity contribution is -0.114. The van der Waals surface area contributed by atoms with Crippen LogP contribution < -0.4 is 5.73 Å². The first-order valence-corrected chi connectivity index (χ1v) is 4.52. The first-order chi connectivity index (χ1) is 6.77. The molecule has 0 aromatic carbocycles. The molecule has 0 heterocycles. The summed E-state index contributed by atoms with van der Waals surface area (Å²) in [4.78, 5) is 22.2. The van der Waals surface area contributed by atoms with Crippen LogP contribution in [0.25, 0.3) is 0 Å². The van der Waals surface area contributed by atoms with E-state index >= 15 is 0 Å². The molecule has 0 aromatic rings. The SMILES string of the molecule is CC(=N)/C(=C\C(C(C)=O)=C(C)C)C(N)=O. The number of Topliss-reactive ketones (excluding diaryl/α,β-unsaturated/α-hetero) is 1. The van der Waals surface area contributed by atoms with Gasteiger partial charge in [0.1, 0.15) is 0 Å². The van der Waals surface area contributed by atoms with Gasteiger partial charge in [0.2, 0.25) is 0 Å². The molecule has 0 aliphatic carbocycles. The average Bonchev–Trinajstić information content (AvgIpc) is 2.01. The van der Waals surface area contributed by atoms with Gasteiger partial charge in [0.25, 0.3) is 5.91 Å². The Balaban J connectivity index is 5.49. The minimum atomic E-state index is -0.692. The van der Waals surface area contributed by atoms with Gasteiger partial charge in [-0.05, 0) is 33.8 Å². The molecule has 3 N–H and O–H groups in total. The predicted octanol–water partition coefficient (Wildman–Crippen LogP) is 1.36. The highest BCUT2D eigenvalue weighted by molar-refractivity contribution is 6.20. The number of carbonyl (C=O) groups is 2. The molecule has 0 aliphatic rings. The van der Waals surface area contributed by atoms with Crippen LogP contribution in [0.15, 0.2) is 22.8 Å². The second kappa shape index (κ2) is 5.24. The van der Waals surface area contributed by atoms with Gasteiger partial charge in [0, 0.05) is 11.3 Å². The van der Waals surface area contributed by atoms with Gasteiger partial charge in [-0.25, -0.2) is 0 Å². The van der Waals surface area contributed by atoms with Crippen LogP contribution in [0.5, 0.6) is 0 Å². The van der Waals surface area contributed by atoms with Crippen LogP contribution in [0.3, 0.4) is 0 Å². The fourth-order valence-corrected chi connectivity index (χ4v) is 1.11. The van der Waals surface area contributed by atoms with E-state index in [1.165, 1.54) is 19.9 Å². The zero-order valence-electron chi connectivity index (χ0n) is 9.47. The van der Waals surface area contributed by atoms with Crippen molar-refractivity contribution in [3.63, 3.8) is 0 Å². The van der Waals surface area contributed by atoms with Crippen molar-refractivity contribution in [3.8, 4) is 0 Å². The van der Waals surface area contributed by atoms with Crippen LogP contribution in [0.4, 0.5) is 0 Å². The largest absolute Gasteiger partial charge is 0.366 e. The third kappa shape index (κ3) is 3.89. The number of carbonyl (C=O) groups excluding carboxylic acids is 2. The van der Waals surface area contributed by atoms with Crippen LogP contribution in [0, 0.1) is 5.41 Å². The number of rotatable bonds is 4. The molecule has 0 saturated heterocycles. The first kappa shape index (κ1) is 13.3. The molecule has 1 amide bonds. The van der Waals surface area contributed by atoms with Gasteiger partial charge in [-0.2, -0.15) is 0 Å². The van der Waals surface area contributed by atoms with Crippen LogP contribution in [-0.2, 0) is 9.59 Å². The molecular formula is C11H16N2O2. The Morgan fingerprint density at radius 1 is 1.13 bits per heavy atom. The monoisotopic (exact) mass is 208 g/mol. The van der Waals surface area contributed by atoms with Crippen molar-refractivity contribution >= 4 is 17.4 Å². The lowest BCUT2D eigenvalue weighted by Gasteiger charge is -2.04. The van der Waals surface area contributed by atoms with E-state index in [1.807, 2.05) is 0 Å². The van der Waals surface area contributed by atoms with Crippen molar-refractivity contribution in [1.82, 2.24) is 0 Å². The number of ketones is 1. The summed E-state index contributed by atoms with van der Waals surface area (Å²) in [6, 6.07) is 0. The van der Waals surface area contributed by atoms with Crippen molar-refractivity contribution in [2.24, 2.45) is 5.73 Å². The summed E-state index contributed by atoms with van der Waals surface area (Å²) in [6.07, 6.45) is 1.38. The zero-order valence-corrected chi connectivity index (χ0v) is 9.47. The van der Waals surface area contributed by atoms with Crippen molar-refractivity contribution in [2.45, 2.75) is 27.7 Å². The number of allylic oxidation sites excluding steroid dienone is 3. The number of nitrogens with two attached hydrogens (primary N) is 1. The van der Waals surface area contributed by atoms with E-state index in [4.69, 9.17) is 11.1 Å². The first-order valence-electron chi connectivity index (χ1n) is 4.52. The van der Waals surface area contributed by atoms with Crippen LogP contribution in [-0.4, -0.2) is 17.4 Å². The highest BCUT2D eigenvalue weighted by atomic mass is 16.1. The number of nitrogens with one attached hydrogen (secondary N) is 1. The van der Waals surface area contributed by atoms with Crippen molar-refractivity contribution in [3.05, 3.63) is 22.8 Å².